The first-order valence-corrected chi connectivity index (χ1v) is 22.9. The third-order valence-corrected chi connectivity index (χ3v) is 10.8. The molecule has 0 spiro atoms. The Kier molecular flexibility index (Phi) is 30.9. The predicted molar refractivity (Wildman–Crippen MR) is 234 cm³/mol. The molecule has 0 saturated carbocycles. The lowest BCUT2D eigenvalue weighted by Crippen LogP contribution is -2.41. The number of nitrogens with one attached hydrogen (secondary N) is 1. The van der Waals surface area contributed by atoms with Gasteiger partial charge in [-0.15, -0.1) is 0 Å². The smallest absolute Gasteiger partial charge is 0.318 e. The summed E-state index contributed by atoms with van der Waals surface area (Å²) in [5.74, 6) is -0.259. The number of allylic oxidation sites excluding steroid dienone is 3. The molecule has 0 aliphatic heterocycles. The summed E-state index contributed by atoms with van der Waals surface area (Å²) in [4.78, 5) is 26.4. The van der Waals surface area contributed by atoms with Gasteiger partial charge in [-0.3, -0.25) is 9.59 Å². The van der Waals surface area contributed by atoms with Gasteiger partial charge in [0.1, 0.15) is 18.6 Å². The number of rotatable bonds is 39. The minimum absolute atomic E-state index is 0.0868. The lowest BCUT2D eigenvalue weighted by atomic mass is 9.75. The lowest BCUT2D eigenvalue weighted by Gasteiger charge is -2.34. The van der Waals surface area contributed by atoms with Crippen molar-refractivity contribution >= 4 is 11.9 Å². The monoisotopic (exact) mass is 796 g/mol. The van der Waals surface area contributed by atoms with Gasteiger partial charge in [-0.05, 0) is 49.7 Å². The zero-order valence-electron chi connectivity index (χ0n) is 36.3. The van der Waals surface area contributed by atoms with Gasteiger partial charge < -0.3 is 29.0 Å². The maximum absolute atomic E-state index is 14.3. The summed E-state index contributed by atoms with van der Waals surface area (Å²) in [5, 5.41) is 3.50. The topological polar surface area (TPSA) is 92.3 Å². The summed E-state index contributed by atoms with van der Waals surface area (Å²) >= 11 is 0. The number of esters is 2. The van der Waals surface area contributed by atoms with Crippen LogP contribution in [0.2, 0.25) is 0 Å². The normalized spacial score (nSPS) is 13.5. The van der Waals surface area contributed by atoms with Crippen LogP contribution in [0.5, 0.6) is 0 Å². The van der Waals surface area contributed by atoms with E-state index in [2.05, 4.69) is 37.9 Å². The average Bonchev–Trinajstić information content (AvgIpc) is 3.23. The highest BCUT2D eigenvalue weighted by Crippen LogP contribution is 2.39. The van der Waals surface area contributed by atoms with E-state index in [9.17, 15) is 9.59 Å². The Labute approximate surface area is 347 Å². The molecule has 0 amide bonds. The Bertz CT molecular complexity index is 1220. The summed E-state index contributed by atoms with van der Waals surface area (Å²) in [5.41, 5.74) is 2.14. The molecule has 2 rings (SSSR count). The fourth-order valence-electron chi connectivity index (χ4n) is 7.26. The molecule has 0 bridgehead atoms. The van der Waals surface area contributed by atoms with Gasteiger partial charge in [-0.25, -0.2) is 0 Å². The third kappa shape index (κ3) is 25.2. The minimum Gasteiger partial charge on any atom is -0.461 e. The van der Waals surface area contributed by atoms with E-state index in [0.29, 0.717) is 59.0 Å². The van der Waals surface area contributed by atoms with Crippen LogP contribution in [0.15, 0.2) is 66.4 Å². The van der Waals surface area contributed by atoms with Crippen LogP contribution in [0.3, 0.4) is 0 Å². The van der Waals surface area contributed by atoms with Crippen LogP contribution in [0.1, 0.15) is 167 Å². The molecule has 0 radical (unpaired) electrons. The molecule has 1 aromatic carbocycles. The molecular formula is C49H81NO7. The summed E-state index contributed by atoms with van der Waals surface area (Å²) in [6.07, 6.45) is 30.7. The molecule has 1 aliphatic rings. The van der Waals surface area contributed by atoms with Crippen LogP contribution in [-0.2, 0) is 39.9 Å². The highest BCUT2D eigenvalue weighted by Gasteiger charge is 2.42. The third-order valence-electron chi connectivity index (χ3n) is 10.8. The van der Waals surface area contributed by atoms with Gasteiger partial charge in [-0.2, -0.15) is 0 Å². The standard InChI is InChI=1S/C49H81NO7/c1-4-6-7-8-9-11-14-17-26-33-49(48(52)57-43-46-30-23-20-24-31-46,44(3)50-35-37-54-39-41-55-40-38-53-36-5-2)34-27-18-15-12-10-13-16-25-32-47(51)56-42-45-28-21-19-22-29-45/h19-21,23-24,28,30-31,50H,3-18,22,25-27,29,32-43H2,1-2H3. The lowest BCUT2D eigenvalue weighted by molar-refractivity contribution is -0.156. The molecule has 0 fully saturated rings. The van der Waals surface area contributed by atoms with Crippen molar-refractivity contribution in [1.29, 1.82) is 0 Å². The molecule has 1 aromatic rings. The quantitative estimate of drug-likeness (QED) is 0.0520. The number of hydrogen-bond donors (Lipinski definition) is 1. The maximum atomic E-state index is 14.3. The van der Waals surface area contributed by atoms with E-state index in [1.54, 1.807) is 0 Å². The molecule has 8 nitrogen and oxygen atoms in total. The highest BCUT2D eigenvalue weighted by atomic mass is 16.5. The molecule has 8 heteroatoms. The van der Waals surface area contributed by atoms with Crippen LogP contribution in [0.25, 0.3) is 0 Å². The Morgan fingerprint density at radius 1 is 0.649 bits per heavy atom. The number of carbonyl (C=O) groups is 2. The number of hydrogen-bond acceptors (Lipinski definition) is 8. The highest BCUT2D eigenvalue weighted by molar-refractivity contribution is 5.80. The molecule has 1 N–H and O–H groups in total. The van der Waals surface area contributed by atoms with Gasteiger partial charge in [0.25, 0.3) is 0 Å². The van der Waals surface area contributed by atoms with Crippen LogP contribution < -0.4 is 5.32 Å². The van der Waals surface area contributed by atoms with E-state index in [-0.39, 0.29) is 18.5 Å². The molecule has 1 aliphatic carbocycles. The Morgan fingerprint density at radius 3 is 1.79 bits per heavy atom. The van der Waals surface area contributed by atoms with E-state index < -0.39 is 5.41 Å². The first-order valence-electron chi connectivity index (χ1n) is 22.9. The summed E-state index contributed by atoms with van der Waals surface area (Å²) in [6, 6.07) is 9.94. The van der Waals surface area contributed by atoms with E-state index in [4.69, 9.17) is 23.7 Å². The first kappa shape index (κ1) is 50.2. The van der Waals surface area contributed by atoms with Crippen LogP contribution >= 0.6 is 0 Å². The van der Waals surface area contributed by atoms with Gasteiger partial charge in [0.2, 0.25) is 0 Å². The first-order chi connectivity index (χ1) is 28.0. The van der Waals surface area contributed by atoms with Crippen molar-refractivity contribution in [1.82, 2.24) is 5.32 Å². The van der Waals surface area contributed by atoms with Gasteiger partial charge in [0.05, 0.1) is 33.0 Å². The van der Waals surface area contributed by atoms with Gasteiger partial charge in [0, 0.05) is 25.3 Å². The average molecular weight is 796 g/mol. The summed E-state index contributed by atoms with van der Waals surface area (Å²) in [6.45, 7) is 13.6. The second-order valence-corrected chi connectivity index (χ2v) is 15.7. The Hall–Kier alpha value is -2.94. The molecule has 0 heterocycles. The van der Waals surface area contributed by atoms with E-state index in [1.807, 2.05) is 36.4 Å². The molecule has 0 aromatic heterocycles. The zero-order valence-corrected chi connectivity index (χ0v) is 36.3. The molecular weight excluding hydrogens is 715 g/mol. The van der Waals surface area contributed by atoms with Crippen LogP contribution in [0, 0.1) is 5.41 Å². The number of unbranched alkanes of at least 4 members (excludes halogenated alkanes) is 15. The fourth-order valence-corrected chi connectivity index (χ4v) is 7.26. The molecule has 0 saturated heterocycles. The number of ether oxygens (including phenoxy) is 5. The molecule has 324 valence electrons. The summed E-state index contributed by atoms with van der Waals surface area (Å²) < 4.78 is 28.5. The predicted octanol–water partition coefficient (Wildman–Crippen LogP) is 11.9. The van der Waals surface area contributed by atoms with Crippen molar-refractivity contribution < 1.29 is 33.3 Å². The molecule has 57 heavy (non-hydrogen) atoms. The van der Waals surface area contributed by atoms with Crippen molar-refractivity contribution in [3.8, 4) is 0 Å². The molecule has 1 unspecified atom stereocenters. The maximum Gasteiger partial charge on any atom is 0.318 e. The second-order valence-electron chi connectivity index (χ2n) is 15.7. The van der Waals surface area contributed by atoms with Gasteiger partial charge in [-0.1, -0.05) is 172 Å². The fraction of sp³-hybridized carbons (Fsp3) is 0.714. The van der Waals surface area contributed by atoms with Crippen molar-refractivity contribution in [2.45, 2.75) is 168 Å². The van der Waals surface area contributed by atoms with Crippen molar-refractivity contribution in [3.05, 3.63) is 72.0 Å². The van der Waals surface area contributed by atoms with E-state index in [0.717, 1.165) is 108 Å². The van der Waals surface area contributed by atoms with Crippen LogP contribution in [0.4, 0.5) is 0 Å². The molecule has 1 atom stereocenters. The zero-order chi connectivity index (χ0) is 40.9. The Morgan fingerprint density at radius 2 is 1.21 bits per heavy atom. The number of carbonyl (C=O) groups excluding carboxylic acids is 2. The SMILES string of the molecule is C=C(NCCOCCOCCOCCC)C(CCCCCCCCCCC)(CCCCCCCCCCC(=O)OCC1=CC=CCC1)C(=O)OCc1ccccc1. The van der Waals surface area contributed by atoms with Gasteiger partial charge >= 0.3 is 11.9 Å². The number of benzene rings is 1. The second kappa shape index (κ2) is 35.0. The van der Waals surface area contributed by atoms with Crippen molar-refractivity contribution in [3.63, 3.8) is 0 Å². The van der Waals surface area contributed by atoms with E-state index >= 15 is 0 Å². The van der Waals surface area contributed by atoms with Crippen LogP contribution in [-0.4, -0.2) is 64.7 Å². The largest absolute Gasteiger partial charge is 0.461 e. The summed E-state index contributed by atoms with van der Waals surface area (Å²) in [7, 11) is 0. The van der Waals surface area contributed by atoms with E-state index in [1.165, 1.54) is 50.5 Å². The minimum atomic E-state index is -0.795. The van der Waals surface area contributed by atoms with Crippen molar-refractivity contribution in [2.75, 3.05) is 52.8 Å². The van der Waals surface area contributed by atoms with Gasteiger partial charge in [0.15, 0.2) is 0 Å². The van der Waals surface area contributed by atoms with Crippen molar-refractivity contribution in [2.24, 2.45) is 5.41 Å². The Balaban J connectivity index is 1.87.